The van der Waals surface area contributed by atoms with Gasteiger partial charge in [0.2, 0.25) is 5.91 Å². The number of carbonyl (C=O) groups excluding carboxylic acids is 1. The lowest BCUT2D eigenvalue weighted by atomic mass is 9.87. The van der Waals surface area contributed by atoms with Crippen molar-refractivity contribution < 1.29 is 9.90 Å². The highest BCUT2D eigenvalue weighted by Gasteiger charge is 2.37. The molecule has 1 unspecified atom stereocenters. The van der Waals surface area contributed by atoms with E-state index < -0.39 is 6.10 Å². The van der Waals surface area contributed by atoms with Gasteiger partial charge < -0.3 is 10.4 Å². The van der Waals surface area contributed by atoms with Gasteiger partial charge in [0, 0.05) is 0 Å². The van der Waals surface area contributed by atoms with Crippen LogP contribution < -0.4 is 5.32 Å². The normalized spacial score (nSPS) is 19.0. The Labute approximate surface area is 121 Å². The van der Waals surface area contributed by atoms with Gasteiger partial charge >= 0.3 is 0 Å². The fourth-order valence-corrected chi connectivity index (χ4v) is 2.97. The summed E-state index contributed by atoms with van der Waals surface area (Å²) < 4.78 is 0. The van der Waals surface area contributed by atoms with Crippen molar-refractivity contribution in [1.29, 1.82) is 0 Å². The molecular formula is C17H25NO2. The lowest BCUT2D eigenvalue weighted by Crippen LogP contribution is -2.45. The molecule has 1 saturated carbocycles. The fraction of sp³-hybridized carbons (Fsp3) is 0.588. The first-order chi connectivity index (χ1) is 9.53. The van der Waals surface area contributed by atoms with Gasteiger partial charge in [0.05, 0.1) is 18.1 Å². The number of aliphatic hydroxyl groups excluding tert-OH is 1. The van der Waals surface area contributed by atoms with E-state index in [0.29, 0.717) is 0 Å². The van der Waals surface area contributed by atoms with Gasteiger partial charge in [-0.1, -0.05) is 57.0 Å². The highest BCUT2D eigenvalue weighted by atomic mass is 16.3. The number of carbonyl (C=O) groups is 1. The Morgan fingerprint density at radius 3 is 2.40 bits per heavy atom. The summed E-state index contributed by atoms with van der Waals surface area (Å²) in [6, 6.07) is 10.2. The van der Waals surface area contributed by atoms with Crippen molar-refractivity contribution in [1.82, 2.24) is 5.32 Å². The Kier molecular flexibility index (Phi) is 4.81. The van der Waals surface area contributed by atoms with Gasteiger partial charge in [-0.05, 0) is 24.3 Å². The monoisotopic (exact) mass is 275 g/mol. The lowest BCUT2D eigenvalue weighted by molar-refractivity contribution is -0.125. The summed E-state index contributed by atoms with van der Waals surface area (Å²) in [7, 11) is 0. The van der Waals surface area contributed by atoms with Gasteiger partial charge in [-0.2, -0.15) is 0 Å². The van der Waals surface area contributed by atoms with Crippen molar-refractivity contribution in [2.75, 3.05) is 0 Å². The van der Waals surface area contributed by atoms with Crippen molar-refractivity contribution in [2.24, 2.45) is 5.92 Å². The third-order valence-electron chi connectivity index (χ3n) is 4.33. The van der Waals surface area contributed by atoms with E-state index in [1.54, 1.807) is 0 Å². The Morgan fingerprint density at radius 2 is 1.85 bits per heavy atom. The second kappa shape index (κ2) is 6.40. The third kappa shape index (κ3) is 3.40. The molecule has 1 aliphatic rings. The van der Waals surface area contributed by atoms with Crippen molar-refractivity contribution in [3.8, 4) is 0 Å². The Balaban J connectivity index is 2.09. The fourth-order valence-electron chi connectivity index (χ4n) is 2.97. The molecule has 1 atom stereocenters. The molecule has 2 rings (SSSR count). The average Bonchev–Trinajstić information content (AvgIpc) is 2.89. The van der Waals surface area contributed by atoms with Gasteiger partial charge in [-0.25, -0.2) is 0 Å². The zero-order valence-electron chi connectivity index (χ0n) is 12.4. The molecule has 2 N–H and O–H groups in total. The predicted octanol–water partition coefficient (Wildman–Crippen LogP) is 2.98. The standard InChI is InChI=1S/C17H25NO2/c1-13(2)15(19)12-16(20)18-17(10-6-7-11-17)14-8-4-3-5-9-14/h3-5,8-9,13,15,19H,6-7,10-12H2,1-2H3,(H,18,20). The third-order valence-corrected chi connectivity index (χ3v) is 4.33. The summed E-state index contributed by atoms with van der Waals surface area (Å²) in [6.45, 7) is 3.86. The summed E-state index contributed by atoms with van der Waals surface area (Å²) >= 11 is 0. The molecule has 1 fully saturated rings. The zero-order chi connectivity index (χ0) is 14.6. The summed E-state index contributed by atoms with van der Waals surface area (Å²) in [4.78, 5) is 12.2. The van der Waals surface area contributed by atoms with Crippen molar-refractivity contribution >= 4 is 5.91 Å². The van der Waals surface area contributed by atoms with E-state index in [1.165, 1.54) is 5.56 Å². The Morgan fingerprint density at radius 1 is 1.25 bits per heavy atom. The van der Waals surface area contributed by atoms with Crippen molar-refractivity contribution in [2.45, 2.75) is 57.6 Å². The van der Waals surface area contributed by atoms with Gasteiger partial charge in [0.15, 0.2) is 0 Å². The van der Waals surface area contributed by atoms with Gasteiger partial charge in [-0.15, -0.1) is 0 Å². The number of benzene rings is 1. The van der Waals surface area contributed by atoms with Crippen LogP contribution in [0.5, 0.6) is 0 Å². The molecule has 1 amide bonds. The number of aliphatic hydroxyl groups is 1. The van der Waals surface area contributed by atoms with Crippen LogP contribution in [0.2, 0.25) is 0 Å². The smallest absolute Gasteiger partial charge is 0.223 e. The van der Waals surface area contributed by atoms with Gasteiger partial charge in [0.25, 0.3) is 0 Å². The van der Waals surface area contributed by atoms with Crippen LogP contribution >= 0.6 is 0 Å². The molecule has 0 spiro atoms. The van der Waals surface area contributed by atoms with E-state index in [9.17, 15) is 9.90 Å². The number of rotatable bonds is 5. The maximum Gasteiger partial charge on any atom is 0.223 e. The predicted molar refractivity (Wildman–Crippen MR) is 80.2 cm³/mol. The molecule has 3 nitrogen and oxygen atoms in total. The van der Waals surface area contributed by atoms with Crippen LogP contribution in [0.15, 0.2) is 30.3 Å². The maximum atomic E-state index is 12.2. The molecule has 20 heavy (non-hydrogen) atoms. The van der Waals surface area contributed by atoms with Crippen molar-refractivity contribution in [3.63, 3.8) is 0 Å². The highest BCUT2D eigenvalue weighted by molar-refractivity contribution is 5.77. The number of nitrogens with one attached hydrogen (secondary N) is 1. The van der Waals surface area contributed by atoms with E-state index >= 15 is 0 Å². The van der Waals surface area contributed by atoms with E-state index in [-0.39, 0.29) is 23.8 Å². The molecule has 1 aromatic rings. The summed E-state index contributed by atoms with van der Waals surface area (Å²) in [5, 5.41) is 13.1. The van der Waals surface area contributed by atoms with Crippen LogP contribution in [0.25, 0.3) is 0 Å². The molecule has 0 saturated heterocycles. The average molecular weight is 275 g/mol. The topological polar surface area (TPSA) is 49.3 Å². The molecule has 0 heterocycles. The summed E-state index contributed by atoms with van der Waals surface area (Å²) in [5.74, 6) is 0.0638. The minimum Gasteiger partial charge on any atom is -0.392 e. The van der Waals surface area contributed by atoms with Crippen LogP contribution in [-0.2, 0) is 10.3 Å². The quantitative estimate of drug-likeness (QED) is 0.868. The minimum atomic E-state index is -0.566. The Hall–Kier alpha value is -1.35. The first kappa shape index (κ1) is 15.0. The molecule has 3 heteroatoms. The van der Waals surface area contributed by atoms with Crippen LogP contribution in [0.4, 0.5) is 0 Å². The summed E-state index contributed by atoms with van der Waals surface area (Å²) in [5.41, 5.74) is 0.958. The second-order valence-corrected chi connectivity index (χ2v) is 6.22. The second-order valence-electron chi connectivity index (χ2n) is 6.22. The molecule has 0 aromatic heterocycles. The molecule has 1 aromatic carbocycles. The molecule has 110 valence electrons. The first-order valence-corrected chi connectivity index (χ1v) is 7.58. The van der Waals surface area contributed by atoms with E-state index in [0.717, 1.165) is 25.7 Å². The van der Waals surface area contributed by atoms with E-state index in [4.69, 9.17) is 0 Å². The number of hydrogen-bond acceptors (Lipinski definition) is 2. The molecule has 0 aliphatic heterocycles. The van der Waals surface area contributed by atoms with Crippen LogP contribution in [-0.4, -0.2) is 17.1 Å². The highest BCUT2D eigenvalue weighted by Crippen LogP contribution is 2.38. The first-order valence-electron chi connectivity index (χ1n) is 7.58. The number of amides is 1. The van der Waals surface area contributed by atoms with E-state index in [2.05, 4.69) is 17.4 Å². The largest absolute Gasteiger partial charge is 0.392 e. The van der Waals surface area contributed by atoms with Crippen LogP contribution in [0.3, 0.4) is 0 Å². The van der Waals surface area contributed by atoms with Crippen LogP contribution in [0.1, 0.15) is 51.5 Å². The number of hydrogen-bond donors (Lipinski definition) is 2. The van der Waals surface area contributed by atoms with Crippen molar-refractivity contribution in [3.05, 3.63) is 35.9 Å². The molecular weight excluding hydrogens is 250 g/mol. The molecule has 0 bridgehead atoms. The van der Waals surface area contributed by atoms with Gasteiger partial charge in [0.1, 0.15) is 0 Å². The van der Waals surface area contributed by atoms with Gasteiger partial charge in [-0.3, -0.25) is 4.79 Å². The molecule has 1 aliphatic carbocycles. The maximum absolute atomic E-state index is 12.2. The van der Waals surface area contributed by atoms with E-state index in [1.807, 2.05) is 32.0 Å². The Bertz CT molecular complexity index is 436. The zero-order valence-corrected chi connectivity index (χ0v) is 12.4. The molecule has 0 radical (unpaired) electrons. The summed E-state index contributed by atoms with van der Waals surface area (Å²) in [6.07, 6.45) is 3.88. The lowest BCUT2D eigenvalue weighted by Gasteiger charge is -2.31. The SMILES string of the molecule is CC(C)C(O)CC(=O)NC1(c2ccccc2)CCCC1. The van der Waals surface area contributed by atoms with Crippen LogP contribution in [0, 0.1) is 5.92 Å². The minimum absolute atomic E-state index is 0.0445.